The topological polar surface area (TPSA) is 24.9 Å². The van der Waals surface area contributed by atoms with E-state index < -0.39 is 0 Å². The summed E-state index contributed by atoms with van der Waals surface area (Å²) in [5, 5.41) is 3.66. The second-order valence-corrected chi connectivity index (χ2v) is 6.09. The van der Waals surface area contributed by atoms with Crippen LogP contribution in [0.25, 0.3) is 0 Å². The molecule has 2 nitrogen and oxygen atoms in total. The number of nitrogens with zero attached hydrogens (tertiary/aromatic N) is 1. The van der Waals surface area contributed by atoms with E-state index in [2.05, 4.69) is 52.2 Å². The van der Waals surface area contributed by atoms with Crippen molar-refractivity contribution in [3.05, 3.63) is 28.5 Å². The minimum atomic E-state index is 0.575. The van der Waals surface area contributed by atoms with Crippen LogP contribution in [0.5, 0.6) is 0 Å². The van der Waals surface area contributed by atoms with Crippen LogP contribution >= 0.6 is 15.9 Å². The van der Waals surface area contributed by atoms with Crippen LogP contribution in [0.4, 0.5) is 0 Å². The van der Waals surface area contributed by atoms with Crippen LogP contribution < -0.4 is 5.32 Å². The van der Waals surface area contributed by atoms with Crippen molar-refractivity contribution >= 4 is 15.9 Å². The Bertz CT molecular complexity index is 324. The molecular weight excluding hydrogens is 300 g/mol. The summed E-state index contributed by atoms with van der Waals surface area (Å²) in [7, 11) is 0. The zero-order valence-corrected chi connectivity index (χ0v) is 13.9. The average molecular weight is 327 g/mol. The third kappa shape index (κ3) is 7.68. The summed E-state index contributed by atoms with van der Waals surface area (Å²) in [6.45, 7) is 5.59. The molecule has 0 saturated carbocycles. The predicted octanol–water partition coefficient (Wildman–Crippen LogP) is 4.73. The molecule has 1 rings (SSSR count). The average Bonchev–Trinajstić information content (AvgIpc) is 2.43. The Hall–Kier alpha value is -0.410. The number of rotatable bonds is 10. The first-order chi connectivity index (χ1) is 9.26. The smallest absolute Gasteiger partial charge is 0.0419 e. The van der Waals surface area contributed by atoms with Gasteiger partial charge in [-0.05, 0) is 47.4 Å². The molecule has 0 saturated heterocycles. The molecule has 0 radical (unpaired) electrons. The number of nitrogens with one attached hydrogen (secondary N) is 1. The third-order valence-corrected chi connectivity index (χ3v) is 3.80. The summed E-state index contributed by atoms with van der Waals surface area (Å²) in [6.07, 6.45) is 10.7. The van der Waals surface area contributed by atoms with Gasteiger partial charge in [-0.25, -0.2) is 0 Å². The van der Waals surface area contributed by atoms with E-state index in [0.717, 1.165) is 17.4 Å². The first-order valence-corrected chi connectivity index (χ1v) is 8.39. The quantitative estimate of drug-likeness (QED) is 0.629. The maximum Gasteiger partial charge on any atom is 0.0419 e. The lowest BCUT2D eigenvalue weighted by Crippen LogP contribution is -2.32. The first-order valence-electron chi connectivity index (χ1n) is 7.60. The standard InChI is InChI=1S/C16H27BrN2/c1-3-5-6-7-8-15(18-11-4-2)12-16-10-9-14(17)13-19-16/h9-10,13,15,18H,3-8,11-12H2,1-2H3. The molecule has 0 aliphatic rings. The van der Waals surface area contributed by atoms with Gasteiger partial charge < -0.3 is 5.32 Å². The zero-order chi connectivity index (χ0) is 13.9. The number of hydrogen-bond donors (Lipinski definition) is 1. The molecular formula is C16H27BrN2. The molecule has 1 N–H and O–H groups in total. The molecule has 1 heterocycles. The maximum absolute atomic E-state index is 4.48. The number of unbranched alkanes of at least 4 members (excludes halogenated alkanes) is 3. The molecule has 0 spiro atoms. The Morgan fingerprint density at radius 2 is 2.00 bits per heavy atom. The predicted molar refractivity (Wildman–Crippen MR) is 86.5 cm³/mol. The molecule has 0 amide bonds. The molecule has 108 valence electrons. The summed E-state index contributed by atoms with van der Waals surface area (Å²) >= 11 is 3.43. The van der Waals surface area contributed by atoms with Gasteiger partial charge in [0.1, 0.15) is 0 Å². The SMILES string of the molecule is CCCCCCC(Cc1ccc(Br)cn1)NCCC. The van der Waals surface area contributed by atoms with Crippen molar-refractivity contribution in [2.24, 2.45) is 0 Å². The van der Waals surface area contributed by atoms with Crippen molar-refractivity contribution in [2.45, 2.75) is 64.8 Å². The van der Waals surface area contributed by atoms with Crippen molar-refractivity contribution in [1.82, 2.24) is 10.3 Å². The van der Waals surface area contributed by atoms with E-state index in [1.165, 1.54) is 44.2 Å². The number of hydrogen-bond acceptors (Lipinski definition) is 2. The van der Waals surface area contributed by atoms with Gasteiger partial charge >= 0.3 is 0 Å². The Labute approximate surface area is 126 Å². The molecule has 0 bridgehead atoms. The molecule has 1 unspecified atom stereocenters. The second kappa shape index (κ2) is 10.4. The highest BCUT2D eigenvalue weighted by atomic mass is 79.9. The highest BCUT2D eigenvalue weighted by molar-refractivity contribution is 9.10. The molecule has 0 fully saturated rings. The Morgan fingerprint density at radius 3 is 2.63 bits per heavy atom. The van der Waals surface area contributed by atoms with Crippen molar-refractivity contribution in [3.8, 4) is 0 Å². The molecule has 1 aromatic heterocycles. The lowest BCUT2D eigenvalue weighted by atomic mass is 10.0. The van der Waals surface area contributed by atoms with Crippen LogP contribution in [0.2, 0.25) is 0 Å². The summed E-state index contributed by atoms with van der Waals surface area (Å²) in [5.74, 6) is 0. The van der Waals surface area contributed by atoms with Gasteiger partial charge in [0.15, 0.2) is 0 Å². The Kier molecular flexibility index (Phi) is 9.10. The minimum Gasteiger partial charge on any atom is -0.314 e. The molecule has 0 aliphatic carbocycles. The van der Waals surface area contributed by atoms with Crippen LogP contribution in [-0.4, -0.2) is 17.6 Å². The maximum atomic E-state index is 4.48. The lowest BCUT2D eigenvalue weighted by molar-refractivity contribution is 0.450. The van der Waals surface area contributed by atoms with Crippen LogP contribution in [-0.2, 0) is 6.42 Å². The fourth-order valence-electron chi connectivity index (χ4n) is 2.22. The molecule has 1 atom stereocenters. The van der Waals surface area contributed by atoms with E-state index in [1.54, 1.807) is 0 Å². The summed E-state index contributed by atoms with van der Waals surface area (Å²) < 4.78 is 1.05. The van der Waals surface area contributed by atoms with E-state index in [1.807, 2.05) is 6.20 Å². The molecule has 3 heteroatoms. The minimum absolute atomic E-state index is 0.575. The van der Waals surface area contributed by atoms with E-state index >= 15 is 0 Å². The lowest BCUT2D eigenvalue weighted by Gasteiger charge is -2.18. The molecule has 0 aliphatic heterocycles. The van der Waals surface area contributed by atoms with Crippen LogP contribution in [0.15, 0.2) is 22.8 Å². The second-order valence-electron chi connectivity index (χ2n) is 5.17. The van der Waals surface area contributed by atoms with Crippen LogP contribution in [0.3, 0.4) is 0 Å². The van der Waals surface area contributed by atoms with E-state index in [9.17, 15) is 0 Å². The summed E-state index contributed by atoms with van der Waals surface area (Å²) in [6, 6.07) is 4.78. The van der Waals surface area contributed by atoms with Crippen LogP contribution in [0.1, 0.15) is 58.1 Å². The van der Waals surface area contributed by atoms with Crippen molar-refractivity contribution < 1.29 is 0 Å². The van der Waals surface area contributed by atoms with Gasteiger partial charge in [-0.15, -0.1) is 0 Å². The van der Waals surface area contributed by atoms with Gasteiger partial charge in [0.05, 0.1) is 0 Å². The van der Waals surface area contributed by atoms with Crippen molar-refractivity contribution in [3.63, 3.8) is 0 Å². The largest absolute Gasteiger partial charge is 0.314 e. The van der Waals surface area contributed by atoms with E-state index in [0.29, 0.717) is 6.04 Å². The third-order valence-electron chi connectivity index (χ3n) is 3.33. The molecule has 19 heavy (non-hydrogen) atoms. The highest BCUT2D eigenvalue weighted by Gasteiger charge is 2.09. The van der Waals surface area contributed by atoms with Gasteiger partial charge in [-0.2, -0.15) is 0 Å². The number of halogens is 1. The van der Waals surface area contributed by atoms with E-state index in [-0.39, 0.29) is 0 Å². The Morgan fingerprint density at radius 1 is 1.16 bits per heavy atom. The van der Waals surface area contributed by atoms with Crippen LogP contribution in [0, 0.1) is 0 Å². The Balaban J connectivity index is 2.41. The van der Waals surface area contributed by atoms with E-state index in [4.69, 9.17) is 0 Å². The van der Waals surface area contributed by atoms with Gasteiger partial charge in [0, 0.05) is 28.8 Å². The normalized spacial score (nSPS) is 12.6. The monoisotopic (exact) mass is 326 g/mol. The van der Waals surface area contributed by atoms with Gasteiger partial charge in [0.25, 0.3) is 0 Å². The highest BCUT2D eigenvalue weighted by Crippen LogP contribution is 2.12. The zero-order valence-electron chi connectivity index (χ0n) is 12.3. The van der Waals surface area contributed by atoms with Crippen molar-refractivity contribution in [1.29, 1.82) is 0 Å². The molecule has 1 aromatic rings. The first kappa shape index (κ1) is 16.6. The van der Waals surface area contributed by atoms with Crippen molar-refractivity contribution in [2.75, 3.05) is 6.54 Å². The summed E-state index contributed by atoms with van der Waals surface area (Å²) in [4.78, 5) is 4.48. The van der Waals surface area contributed by atoms with Gasteiger partial charge in [-0.3, -0.25) is 4.98 Å². The van der Waals surface area contributed by atoms with Gasteiger partial charge in [0.2, 0.25) is 0 Å². The summed E-state index contributed by atoms with van der Waals surface area (Å²) in [5.41, 5.74) is 1.19. The van der Waals surface area contributed by atoms with Gasteiger partial charge in [-0.1, -0.05) is 39.5 Å². The number of pyridine rings is 1. The fourth-order valence-corrected chi connectivity index (χ4v) is 2.46. The number of aromatic nitrogens is 1. The molecule has 0 aromatic carbocycles. The fraction of sp³-hybridized carbons (Fsp3) is 0.688.